The van der Waals surface area contributed by atoms with Gasteiger partial charge in [0.1, 0.15) is 0 Å². The molecule has 0 amide bonds. The molecule has 0 spiro atoms. The third-order valence-corrected chi connectivity index (χ3v) is 7.20. The maximum Gasteiger partial charge on any atom is 0.356 e. The van der Waals surface area contributed by atoms with Gasteiger partial charge in [-0.1, -0.05) is 50.1 Å². The van der Waals surface area contributed by atoms with Gasteiger partial charge in [-0.3, -0.25) is 0 Å². The normalized spacial score (nSPS) is 28.2. The maximum absolute atomic E-state index is 14.3. The van der Waals surface area contributed by atoms with Gasteiger partial charge in [0.15, 0.2) is 0 Å². The van der Waals surface area contributed by atoms with Gasteiger partial charge in [0, 0.05) is 6.42 Å². The lowest BCUT2D eigenvalue weighted by molar-refractivity contribution is -0.256. The lowest BCUT2D eigenvalue weighted by Gasteiger charge is -2.29. The number of benzene rings is 1. The summed E-state index contributed by atoms with van der Waals surface area (Å²) in [4.78, 5) is 0. The predicted molar refractivity (Wildman–Crippen MR) is 116 cm³/mol. The second-order valence-electron chi connectivity index (χ2n) is 9.39. The number of rotatable bonds is 9. The molecule has 0 heterocycles. The van der Waals surface area contributed by atoms with Crippen LogP contribution in [0.15, 0.2) is 36.9 Å². The predicted octanol–water partition coefficient (Wildman–Crippen LogP) is 8.25. The van der Waals surface area contributed by atoms with E-state index in [9.17, 15) is 8.78 Å². The Kier molecular flexibility index (Phi) is 8.29. The molecule has 2 fully saturated rings. The van der Waals surface area contributed by atoms with Crippen molar-refractivity contribution in [2.45, 2.75) is 96.2 Å². The van der Waals surface area contributed by atoms with Crippen LogP contribution in [0.1, 0.15) is 94.6 Å². The Balaban J connectivity index is 1.43. The van der Waals surface area contributed by atoms with Crippen LogP contribution in [-0.2, 0) is 11.3 Å². The molecule has 0 unspecified atom stereocenters. The van der Waals surface area contributed by atoms with Crippen LogP contribution in [0.25, 0.3) is 0 Å². The van der Waals surface area contributed by atoms with Crippen LogP contribution in [0.5, 0.6) is 0 Å². The zero-order valence-corrected chi connectivity index (χ0v) is 18.1. The molecule has 2 saturated carbocycles. The molecule has 29 heavy (non-hydrogen) atoms. The summed E-state index contributed by atoms with van der Waals surface area (Å²) < 4.78 is 33.6. The molecular formula is C26H38F2O. The minimum atomic E-state index is -3.04. The second-order valence-corrected chi connectivity index (χ2v) is 9.39. The van der Waals surface area contributed by atoms with Gasteiger partial charge in [0.25, 0.3) is 0 Å². The standard InChI is InChI=1S/C26H38F2O/c1-3-5-21-10-14-24(15-11-21)25-16-12-23(13-17-25)19-29-26(27,28)18-22-8-6-20(4-2)7-9-22/h4,12-13,16-17,20-22,24H,2-3,5-11,14-15,18-19H2,1H3/t20-,21-,22-,24-. The van der Waals surface area contributed by atoms with Crippen molar-refractivity contribution in [1.29, 1.82) is 0 Å². The van der Waals surface area contributed by atoms with Gasteiger partial charge in [-0.25, -0.2) is 0 Å². The largest absolute Gasteiger partial charge is 0.356 e. The second kappa shape index (κ2) is 10.7. The van der Waals surface area contributed by atoms with Crippen LogP contribution >= 0.6 is 0 Å². The first-order valence-corrected chi connectivity index (χ1v) is 11.7. The monoisotopic (exact) mass is 404 g/mol. The van der Waals surface area contributed by atoms with Crippen LogP contribution in [0, 0.1) is 17.8 Å². The van der Waals surface area contributed by atoms with Gasteiger partial charge >= 0.3 is 6.11 Å². The molecular weight excluding hydrogens is 366 g/mol. The summed E-state index contributed by atoms with van der Waals surface area (Å²) in [6, 6.07) is 8.19. The summed E-state index contributed by atoms with van der Waals surface area (Å²) in [5, 5.41) is 0. The topological polar surface area (TPSA) is 9.23 Å². The molecule has 1 aromatic rings. The maximum atomic E-state index is 14.3. The molecule has 162 valence electrons. The van der Waals surface area contributed by atoms with Gasteiger partial charge in [0.05, 0.1) is 6.61 Å². The molecule has 0 aromatic heterocycles. The van der Waals surface area contributed by atoms with Crippen molar-refractivity contribution >= 4 is 0 Å². The highest BCUT2D eigenvalue weighted by Crippen LogP contribution is 2.38. The first-order chi connectivity index (χ1) is 14.0. The van der Waals surface area contributed by atoms with Crippen LogP contribution in [0.3, 0.4) is 0 Å². The number of hydrogen-bond donors (Lipinski definition) is 0. The fourth-order valence-corrected chi connectivity index (χ4v) is 5.29. The van der Waals surface area contributed by atoms with E-state index >= 15 is 0 Å². The quantitative estimate of drug-likeness (QED) is 0.376. The molecule has 2 aliphatic carbocycles. The molecule has 3 rings (SSSR count). The minimum absolute atomic E-state index is 0.0154. The van der Waals surface area contributed by atoms with E-state index in [1.54, 1.807) is 0 Å². The van der Waals surface area contributed by atoms with Crippen LogP contribution in [0.4, 0.5) is 8.78 Å². The fraction of sp³-hybridized carbons (Fsp3) is 0.692. The summed E-state index contributed by atoms with van der Waals surface area (Å²) in [6.07, 6.45) is 10.2. The average Bonchev–Trinajstić information content (AvgIpc) is 2.74. The fourth-order valence-electron chi connectivity index (χ4n) is 5.29. The number of ether oxygens (including phenoxy) is 1. The van der Waals surface area contributed by atoms with Crippen molar-refractivity contribution in [1.82, 2.24) is 0 Å². The first-order valence-electron chi connectivity index (χ1n) is 11.7. The van der Waals surface area contributed by atoms with Gasteiger partial charge in [-0.15, -0.1) is 6.58 Å². The summed E-state index contributed by atoms with van der Waals surface area (Å²) >= 11 is 0. The zero-order chi connectivity index (χ0) is 20.7. The molecule has 0 bridgehead atoms. The Labute approximate surface area is 175 Å². The smallest absolute Gasteiger partial charge is 0.316 e. The van der Waals surface area contributed by atoms with E-state index in [1.165, 1.54) is 44.1 Å². The number of allylic oxidation sites excluding steroid dienone is 1. The van der Waals surface area contributed by atoms with Crippen LogP contribution < -0.4 is 0 Å². The molecule has 3 heteroatoms. The molecule has 0 atom stereocenters. The Morgan fingerprint density at radius 3 is 2.17 bits per heavy atom. The molecule has 2 aliphatic rings. The van der Waals surface area contributed by atoms with Gasteiger partial charge in [-0.2, -0.15) is 8.78 Å². The average molecular weight is 405 g/mol. The molecule has 0 N–H and O–H groups in total. The Hall–Kier alpha value is -1.22. The van der Waals surface area contributed by atoms with Gasteiger partial charge in [-0.05, 0) is 86.2 Å². The number of alkyl halides is 2. The molecule has 1 nitrogen and oxygen atoms in total. The molecule has 0 aliphatic heterocycles. The number of hydrogen-bond acceptors (Lipinski definition) is 1. The van der Waals surface area contributed by atoms with E-state index in [0.29, 0.717) is 11.8 Å². The highest BCUT2D eigenvalue weighted by atomic mass is 19.3. The highest BCUT2D eigenvalue weighted by molar-refractivity contribution is 5.25. The van der Waals surface area contributed by atoms with Crippen molar-refractivity contribution in [3.63, 3.8) is 0 Å². The van der Waals surface area contributed by atoms with Crippen molar-refractivity contribution < 1.29 is 13.5 Å². The number of halogens is 2. The third kappa shape index (κ3) is 6.91. The van der Waals surface area contributed by atoms with E-state index < -0.39 is 6.11 Å². The Morgan fingerprint density at radius 1 is 0.966 bits per heavy atom. The summed E-state index contributed by atoms with van der Waals surface area (Å²) in [5.74, 6) is 2.09. The van der Waals surface area contributed by atoms with Crippen LogP contribution in [0.2, 0.25) is 0 Å². The third-order valence-electron chi connectivity index (χ3n) is 7.20. The van der Waals surface area contributed by atoms with E-state index in [-0.39, 0.29) is 18.9 Å². The van der Waals surface area contributed by atoms with E-state index in [2.05, 4.69) is 25.6 Å². The van der Waals surface area contributed by atoms with Crippen molar-refractivity contribution in [3.8, 4) is 0 Å². The van der Waals surface area contributed by atoms with Crippen molar-refractivity contribution in [2.75, 3.05) is 0 Å². The van der Waals surface area contributed by atoms with Gasteiger partial charge < -0.3 is 4.74 Å². The Morgan fingerprint density at radius 2 is 1.59 bits per heavy atom. The summed E-state index contributed by atoms with van der Waals surface area (Å²) in [6.45, 7) is 6.07. The van der Waals surface area contributed by atoms with E-state index in [4.69, 9.17) is 4.74 Å². The van der Waals surface area contributed by atoms with E-state index in [1.807, 2.05) is 18.2 Å². The lowest BCUT2D eigenvalue weighted by atomic mass is 9.77. The van der Waals surface area contributed by atoms with Crippen molar-refractivity contribution in [3.05, 3.63) is 48.0 Å². The van der Waals surface area contributed by atoms with Crippen molar-refractivity contribution in [2.24, 2.45) is 17.8 Å². The van der Waals surface area contributed by atoms with Crippen LogP contribution in [-0.4, -0.2) is 6.11 Å². The molecule has 0 radical (unpaired) electrons. The zero-order valence-electron chi connectivity index (χ0n) is 18.1. The Bertz CT molecular complexity index is 608. The first kappa shape index (κ1) is 22.5. The summed E-state index contributed by atoms with van der Waals surface area (Å²) in [7, 11) is 0. The highest BCUT2D eigenvalue weighted by Gasteiger charge is 2.35. The lowest BCUT2D eigenvalue weighted by Crippen LogP contribution is -2.26. The summed E-state index contributed by atoms with van der Waals surface area (Å²) in [5.41, 5.74) is 2.19. The van der Waals surface area contributed by atoms with Gasteiger partial charge in [0.2, 0.25) is 0 Å². The SMILES string of the molecule is C=C[C@H]1CC[C@H](CC(F)(F)OCc2ccc([C@H]3CC[C@H](CCC)CC3)cc2)CC1. The molecule has 0 saturated heterocycles. The minimum Gasteiger partial charge on any atom is -0.316 e. The molecule has 1 aromatic carbocycles. The van der Waals surface area contributed by atoms with E-state index in [0.717, 1.165) is 37.2 Å².